The number of piperidine rings is 1. The highest BCUT2D eigenvalue weighted by Crippen LogP contribution is 2.28. The van der Waals surface area contributed by atoms with E-state index in [9.17, 15) is 17.9 Å². The Labute approximate surface area is 125 Å². The maximum Gasteiger partial charge on any atom is 0.243 e. The number of aliphatic hydroxyl groups excluding tert-OH is 1. The largest absolute Gasteiger partial charge is 0.391 e. The zero-order valence-electron chi connectivity index (χ0n) is 12.4. The van der Waals surface area contributed by atoms with E-state index in [0.717, 1.165) is 18.9 Å². The molecular formula is C15H22FNO3S. The van der Waals surface area contributed by atoms with E-state index >= 15 is 0 Å². The van der Waals surface area contributed by atoms with Crippen molar-refractivity contribution in [1.82, 2.24) is 4.31 Å². The van der Waals surface area contributed by atoms with Gasteiger partial charge in [0.1, 0.15) is 5.82 Å². The summed E-state index contributed by atoms with van der Waals surface area (Å²) in [6, 6.07) is 3.40. The third-order valence-corrected chi connectivity index (χ3v) is 5.89. The monoisotopic (exact) mass is 315 g/mol. The van der Waals surface area contributed by atoms with Gasteiger partial charge in [0.05, 0.1) is 17.0 Å². The van der Waals surface area contributed by atoms with E-state index in [2.05, 4.69) is 0 Å². The second-order valence-corrected chi connectivity index (χ2v) is 7.51. The van der Waals surface area contributed by atoms with Crippen molar-refractivity contribution in [2.75, 3.05) is 6.54 Å². The lowest BCUT2D eigenvalue weighted by Crippen LogP contribution is -2.49. The Morgan fingerprint density at radius 2 is 2.10 bits per heavy atom. The molecule has 0 radical (unpaired) electrons. The Morgan fingerprint density at radius 1 is 1.38 bits per heavy atom. The highest BCUT2D eigenvalue weighted by molar-refractivity contribution is 7.89. The van der Waals surface area contributed by atoms with Gasteiger partial charge in [-0.15, -0.1) is 0 Å². The number of sulfonamides is 1. The normalized spacial score (nSPS) is 22.2. The first-order valence-electron chi connectivity index (χ1n) is 7.33. The lowest BCUT2D eigenvalue weighted by Gasteiger charge is -2.37. The van der Waals surface area contributed by atoms with Crippen molar-refractivity contribution in [2.24, 2.45) is 0 Å². The fourth-order valence-corrected chi connectivity index (χ4v) is 4.71. The minimum Gasteiger partial charge on any atom is -0.391 e. The van der Waals surface area contributed by atoms with Crippen LogP contribution >= 0.6 is 0 Å². The van der Waals surface area contributed by atoms with Crippen LogP contribution in [0.4, 0.5) is 4.39 Å². The Kier molecular flexibility index (Phi) is 5.01. The highest BCUT2D eigenvalue weighted by atomic mass is 32.2. The van der Waals surface area contributed by atoms with Gasteiger partial charge in [-0.2, -0.15) is 4.31 Å². The van der Waals surface area contributed by atoms with Gasteiger partial charge in [-0.25, -0.2) is 12.8 Å². The maximum absolute atomic E-state index is 13.5. The maximum atomic E-state index is 13.5. The standard InChI is InChI=1S/C15H22FNO3S/c1-3-15(18)14-6-4-5-7-17(14)21(19,20)13-9-11(2)8-12(16)10-13/h8-10,14-15,18H,3-7H2,1-2H3. The molecule has 2 atom stereocenters. The first-order valence-corrected chi connectivity index (χ1v) is 8.77. The number of hydrogen-bond acceptors (Lipinski definition) is 3. The summed E-state index contributed by atoms with van der Waals surface area (Å²) in [5, 5.41) is 10.1. The summed E-state index contributed by atoms with van der Waals surface area (Å²) in [6.07, 6.45) is 2.12. The molecule has 21 heavy (non-hydrogen) atoms. The molecule has 1 fully saturated rings. The molecular weight excluding hydrogens is 293 g/mol. The molecule has 0 bridgehead atoms. The molecule has 1 aliphatic heterocycles. The van der Waals surface area contributed by atoms with Crippen LogP contribution in [-0.4, -0.2) is 36.5 Å². The molecule has 1 N–H and O–H groups in total. The molecule has 0 aliphatic carbocycles. The first kappa shape index (κ1) is 16.4. The van der Waals surface area contributed by atoms with Crippen molar-refractivity contribution in [2.45, 2.75) is 56.6 Å². The van der Waals surface area contributed by atoms with Gasteiger partial charge in [0, 0.05) is 6.54 Å². The molecule has 1 aliphatic rings. The van der Waals surface area contributed by atoms with E-state index in [1.54, 1.807) is 6.92 Å². The van der Waals surface area contributed by atoms with Crippen LogP contribution in [0.1, 0.15) is 38.2 Å². The van der Waals surface area contributed by atoms with Crippen molar-refractivity contribution in [3.63, 3.8) is 0 Å². The zero-order chi connectivity index (χ0) is 15.6. The molecule has 1 saturated heterocycles. The van der Waals surface area contributed by atoms with Crippen LogP contribution in [0.5, 0.6) is 0 Å². The Morgan fingerprint density at radius 3 is 2.71 bits per heavy atom. The van der Waals surface area contributed by atoms with Crippen LogP contribution in [0.15, 0.2) is 23.1 Å². The lowest BCUT2D eigenvalue weighted by molar-refractivity contribution is 0.0667. The topological polar surface area (TPSA) is 57.6 Å². The first-order chi connectivity index (χ1) is 9.86. The average molecular weight is 315 g/mol. The molecule has 0 saturated carbocycles. The van der Waals surface area contributed by atoms with Crippen LogP contribution in [0.2, 0.25) is 0 Å². The van der Waals surface area contributed by atoms with Gasteiger partial charge in [0.15, 0.2) is 0 Å². The molecule has 4 nitrogen and oxygen atoms in total. The average Bonchev–Trinajstić information content (AvgIpc) is 2.45. The van der Waals surface area contributed by atoms with Gasteiger partial charge in [-0.1, -0.05) is 13.3 Å². The van der Waals surface area contributed by atoms with Gasteiger partial charge in [-0.3, -0.25) is 0 Å². The smallest absolute Gasteiger partial charge is 0.243 e. The number of hydrogen-bond donors (Lipinski definition) is 1. The molecule has 1 aromatic rings. The summed E-state index contributed by atoms with van der Waals surface area (Å²) in [4.78, 5) is -0.0322. The fraction of sp³-hybridized carbons (Fsp3) is 0.600. The summed E-state index contributed by atoms with van der Waals surface area (Å²) in [5.41, 5.74) is 0.568. The number of aryl methyl sites for hydroxylation is 1. The molecule has 0 amide bonds. The van der Waals surface area contributed by atoms with Crippen LogP contribution < -0.4 is 0 Å². The lowest BCUT2D eigenvalue weighted by atomic mass is 9.98. The van der Waals surface area contributed by atoms with Crippen LogP contribution in [0, 0.1) is 12.7 Å². The van der Waals surface area contributed by atoms with Gasteiger partial charge in [0.2, 0.25) is 10.0 Å². The van der Waals surface area contributed by atoms with E-state index in [1.807, 2.05) is 6.92 Å². The van der Waals surface area contributed by atoms with Crippen LogP contribution in [-0.2, 0) is 10.0 Å². The van der Waals surface area contributed by atoms with Gasteiger partial charge < -0.3 is 5.11 Å². The molecule has 6 heteroatoms. The van der Waals surface area contributed by atoms with E-state index in [0.29, 0.717) is 24.9 Å². The van der Waals surface area contributed by atoms with Gasteiger partial charge in [-0.05, 0) is 49.9 Å². The van der Waals surface area contributed by atoms with E-state index in [4.69, 9.17) is 0 Å². The SMILES string of the molecule is CCC(O)C1CCCCN1S(=O)(=O)c1cc(C)cc(F)c1. The van der Waals surface area contributed by atoms with Crippen LogP contribution in [0.25, 0.3) is 0 Å². The number of rotatable bonds is 4. The van der Waals surface area contributed by atoms with Crippen molar-refractivity contribution in [3.05, 3.63) is 29.6 Å². The Bertz CT molecular complexity index is 583. The Balaban J connectivity index is 2.40. The van der Waals surface area contributed by atoms with Crippen molar-refractivity contribution in [3.8, 4) is 0 Å². The van der Waals surface area contributed by atoms with Crippen molar-refractivity contribution >= 4 is 10.0 Å². The Hall–Kier alpha value is -0.980. The van der Waals surface area contributed by atoms with E-state index < -0.39 is 28.0 Å². The summed E-state index contributed by atoms with van der Waals surface area (Å²) in [7, 11) is -3.78. The molecule has 1 aromatic carbocycles. The fourth-order valence-electron chi connectivity index (χ4n) is 2.87. The van der Waals surface area contributed by atoms with E-state index in [1.165, 1.54) is 16.4 Å². The number of nitrogens with zero attached hydrogens (tertiary/aromatic N) is 1. The van der Waals surface area contributed by atoms with Crippen molar-refractivity contribution < 1.29 is 17.9 Å². The van der Waals surface area contributed by atoms with Gasteiger partial charge >= 0.3 is 0 Å². The second-order valence-electron chi connectivity index (χ2n) is 5.62. The number of benzene rings is 1. The molecule has 0 spiro atoms. The molecule has 0 aromatic heterocycles. The summed E-state index contributed by atoms with van der Waals surface area (Å²) < 4.78 is 40.4. The quantitative estimate of drug-likeness (QED) is 0.928. The number of halogens is 1. The molecule has 118 valence electrons. The summed E-state index contributed by atoms with van der Waals surface area (Å²) >= 11 is 0. The number of aliphatic hydroxyl groups is 1. The van der Waals surface area contributed by atoms with Crippen LogP contribution in [0.3, 0.4) is 0 Å². The second kappa shape index (κ2) is 6.42. The zero-order valence-corrected chi connectivity index (χ0v) is 13.2. The third kappa shape index (κ3) is 3.44. The minimum absolute atomic E-state index is 0.0322. The predicted octanol–water partition coefficient (Wildman–Crippen LogP) is 2.45. The predicted molar refractivity (Wildman–Crippen MR) is 79.0 cm³/mol. The minimum atomic E-state index is -3.78. The molecule has 2 rings (SSSR count). The summed E-state index contributed by atoms with van der Waals surface area (Å²) in [6.45, 7) is 3.87. The molecule has 2 unspecified atom stereocenters. The van der Waals surface area contributed by atoms with Gasteiger partial charge in [0.25, 0.3) is 0 Å². The van der Waals surface area contributed by atoms with E-state index in [-0.39, 0.29) is 4.90 Å². The molecule has 1 heterocycles. The van der Waals surface area contributed by atoms with Crippen molar-refractivity contribution in [1.29, 1.82) is 0 Å². The summed E-state index contributed by atoms with van der Waals surface area (Å²) in [5.74, 6) is -0.557. The third-order valence-electron chi connectivity index (χ3n) is 3.98. The highest BCUT2D eigenvalue weighted by Gasteiger charge is 2.36.